The van der Waals surface area contributed by atoms with Gasteiger partial charge in [-0.15, -0.1) is 11.3 Å². The first-order valence-corrected chi connectivity index (χ1v) is 9.82. The molecule has 0 atom stereocenters. The van der Waals surface area contributed by atoms with Crippen LogP contribution in [0.5, 0.6) is 0 Å². The summed E-state index contributed by atoms with van der Waals surface area (Å²) in [6.45, 7) is 0. The number of aryl methyl sites for hydroxylation is 2. The summed E-state index contributed by atoms with van der Waals surface area (Å²) in [6.07, 6.45) is 1.92. The Hall–Kier alpha value is -1.93. The minimum atomic E-state index is -4.78. The average Bonchev–Trinajstić information content (AvgIpc) is 2.92. The molecule has 142 valence electrons. The van der Waals surface area contributed by atoms with Crippen molar-refractivity contribution in [2.75, 3.05) is 0 Å². The van der Waals surface area contributed by atoms with Crippen molar-refractivity contribution >= 4 is 33.2 Å². The molecule has 4 nitrogen and oxygen atoms in total. The zero-order chi connectivity index (χ0) is 19.2. The largest absolute Gasteiger partial charge is 0.450 e. The normalized spacial score (nSPS) is 15.4. The predicted octanol–water partition coefficient (Wildman–Crippen LogP) is 5.17. The highest BCUT2D eigenvalue weighted by molar-refractivity contribution is 7.18. The molecule has 0 saturated heterocycles. The number of halogens is 4. The highest BCUT2D eigenvalue weighted by Crippen LogP contribution is 2.36. The van der Waals surface area contributed by atoms with Crippen LogP contribution in [-0.2, 0) is 19.0 Å². The van der Waals surface area contributed by atoms with E-state index in [1.54, 1.807) is 0 Å². The van der Waals surface area contributed by atoms with Crippen LogP contribution in [0.25, 0.3) is 16.0 Å². The minimum Gasteiger partial charge on any atom is -0.268 e. The number of nitrogens with zero attached hydrogens (tertiary/aromatic N) is 3. The Balaban J connectivity index is 2.05. The molecule has 0 unspecified atom stereocenters. The highest BCUT2D eigenvalue weighted by Gasteiger charge is 2.39. The fourth-order valence-electron chi connectivity index (χ4n) is 3.46. The molecule has 9 heteroatoms. The van der Waals surface area contributed by atoms with Crippen LogP contribution in [-0.4, -0.2) is 14.5 Å². The molecule has 1 aliphatic carbocycles. The van der Waals surface area contributed by atoms with E-state index in [0.717, 1.165) is 42.5 Å². The highest BCUT2D eigenvalue weighted by atomic mass is 35.5. The number of alkyl halides is 3. The molecule has 0 radical (unpaired) electrons. The van der Waals surface area contributed by atoms with Gasteiger partial charge in [0.15, 0.2) is 0 Å². The Labute approximate surface area is 161 Å². The maximum atomic E-state index is 13.7. The van der Waals surface area contributed by atoms with Gasteiger partial charge in [0.2, 0.25) is 5.82 Å². The lowest BCUT2D eigenvalue weighted by molar-refractivity contribution is -0.146. The standard InChI is InChI=1S/C18H15ClF3N3OS/c19-10-7-8-13(23-9-10)25-16(26)14-11-5-3-1-2-4-6-12(11)27-15(14)24-17(25)18(20,21)22/h7-9H,1-6H2. The first-order valence-electron chi connectivity index (χ1n) is 8.62. The lowest BCUT2D eigenvalue weighted by Crippen LogP contribution is -2.29. The monoisotopic (exact) mass is 413 g/mol. The van der Waals surface area contributed by atoms with E-state index >= 15 is 0 Å². The minimum absolute atomic E-state index is 0.142. The molecule has 4 rings (SSSR count). The van der Waals surface area contributed by atoms with Gasteiger partial charge in [-0.1, -0.05) is 24.4 Å². The number of hydrogen-bond donors (Lipinski definition) is 0. The van der Waals surface area contributed by atoms with Crippen LogP contribution in [0.4, 0.5) is 13.2 Å². The number of rotatable bonds is 1. The zero-order valence-corrected chi connectivity index (χ0v) is 15.7. The lowest BCUT2D eigenvalue weighted by atomic mass is 9.98. The Kier molecular flexibility index (Phi) is 4.71. The smallest absolute Gasteiger partial charge is 0.268 e. The molecule has 0 fully saturated rings. The zero-order valence-electron chi connectivity index (χ0n) is 14.1. The number of fused-ring (bicyclic) bond motifs is 3. The second-order valence-corrected chi connectivity index (χ2v) is 8.03. The fraction of sp³-hybridized carbons (Fsp3) is 0.389. The van der Waals surface area contributed by atoms with Gasteiger partial charge in [-0.3, -0.25) is 4.79 Å². The second-order valence-electron chi connectivity index (χ2n) is 6.51. The summed E-state index contributed by atoms with van der Waals surface area (Å²) in [5.74, 6) is -1.40. The summed E-state index contributed by atoms with van der Waals surface area (Å²) in [7, 11) is 0. The van der Waals surface area contributed by atoms with E-state index in [1.807, 2.05) is 0 Å². The second kappa shape index (κ2) is 6.91. The van der Waals surface area contributed by atoms with E-state index in [0.29, 0.717) is 16.4 Å². The van der Waals surface area contributed by atoms with E-state index in [1.165, 1.54) is 29.7 Å². The van der Waals surface area contributed by atoms with Gasteiger partial charge in [0.05, 0.1) is 10.4 Å². The van der Waals surface area contributed by atoms with Crippen LogP contribution in [0.2, 0.25) is 5.02 Å². The number of aromatic nitrogens is 3. The Morgan fingerprint density at radius 2 is 1.85 bits per heavy atom. The summed E-state index contributed by atoms with van der Waals surface area (Å²) in [5, 5.41) is 0.566. The molecule has 0 aromatic carbocycles. The third kappa shape index (κ3) is 3.36. The van der Waals surface area contributed by atoms with E-state index in [9.17, 15) is 18.0 Å². The van der Waals surface area contributed by atoms with Crippen molar-refractivity contribution in [3.8, 4) is 5.82 Å². The van der Waals surface area contributed by atoms with Gasteiger partial charge >= 0.3 is 6.18 Å². The van der Waals surface area contributed by atoms with Gasteiger partial charge in [0.1, 0.15) is 10.6 Å². The van der Waals surface area contributed by atoms with E-state index in [-0.39, 0.29) is 15.7 Å². The van der Waals surface area contributed by atoms with E-state index < -0.39 is 17.6 Å². The molecule has 3 heterocycles. The van der Waals surface area contributed by atoms with Crippen molar-refractivity contribution in [2.45, 2.75) is 44.7 Å². The first kappa shape index (κ1) is 18.4. The molecular formula is C18H15ClF3N3OS. The molecule has 0 spiro atoms. The van der Waals surface area contributed by atoms with Crippen molar-refractivity contribution < 1.29 is 13.2 Å². The van der Waals surface area contributed by atoms with Crippen LogP contribution < -0.4 is 5.56 Å². The molecule has 1 aliphatic rings. The molecule has 3 aromatic heterocycles. The lowest BCUT2D eigenvalue weighted by Gasteiger charge is -2.14. The summed E-state index contributed by atoms with van der Waals surface area (Å²) in [4.78, 5) is 22.1. The van der Waals surface area contributed by atoms with Crippen LogP contribution in [0.15, 0.2) is 23.1 Å². The molecule has 0 saturated carbocycles. The van der Waals surface area contributed by atoms with Crippen molar-refractivity contribution in [1.29, 1.82) is 0 Å². The molecular weight excluding hydrogens is 399 g/mol. The maximum absolute atomic E-state index is 13.7. The molecule has 0 bridgehead atoms. The van der Waals surface area contributed by atoms with Crippen LogP contribution in [0, 0.1) is 0 Å². The van der Waals surface area contributed by atoms with E-state index in [2.05, 4.69) is 9.97 Å². The Bertz CT molecular complexity index is 1060. The van der Waals surface area contributed by atoms with E-state index in [4.69, 9.17) is 11.6 Å². The summed E-state index contributed by atoms with van der Waals surface area (Å²) >= 11 is 7.00. The molecule has 0 aliphatic heterocycles. The van der Waals surface area contributed by atoms with Crippen molar-refractivity contribution in [3.63, 3.8) is 0 Å². The quantitative estimate of drug-likeness (QED) is 0.552. The fourth-order valence-corrected chi connectivity index (χ4v) is 4.83. The summed E-state index contributed by atoms with van der Waals surface area (Å²) in [6, 6.07) is 2.70. The predicted molar refractivity (Wildman–Crippen MR) is 98.9 cm³/mol. The van der Waals surface area contributed by atoms with Crippen molar-refractivity contribution in [1.82, 2.24) is 14.5 Å². The van der Waals surface area contributed by atoms with Crippen molar-refractivity contribution in [3.05, 3.63) is 50.0 Å². The number of hydrogen-bond acceptors (Lipinski definition) is 4. The third-order valence-corrected chi connectivity index (χ3v) is 6.09. The molecule has 0 amide bonds. The van der Waals surface area contributed by atoms with Crippen molar-refractivity contribution in [2.24, 2.45) is 0 Å². The molecule has 0 N–H and O–H groups in total. The summed E-state index contributed by atoms with van der Waals surface area (Å²) in [5.41, 5.74) is 0.129. The maximum Gasteiger partial charge on any atom is 0.450 e. The van der Waals surface area contributed by atoms with Gasteiger partial charge in [-0.2, -0.15) is 13.2 Å². The van der Waals surface area contributed by atoms with Gasteiger partial charge in [0, 0.05) is 11.1 Å². The Morgan fingerprint density at radius 3 is 2.52 bits per heavy atom. The SMILES string of the molecule is O=c1c2c3c(sc2nc(C(F)(F)F)n1-c1ccc(Cl)cn1)CCCCCC3. The van der Waals surface area contributed by atoms with Crippen LogP contribution in [0.3, 0.4) is 0 Å². The van der Waals surface area contributed by atoms with Gasteiger partial charge < -0.3 is 0 Å². The Morgan fingerprint density at radius 1 is 1.11 bits per heavy atom. The van der Waals surface area contributed by atoms with Gasteiger partial charge in [-0.05, 0) is 43.4 Å². The summed E-state index contributed by atoms with van der Waals surface area (Å²) < 4.78 is 41.5. The molecule has 3 aromatic rings. The van der Waals surface area contributed by atoms with Gasteiger partial charge in [0.25, 0.3) is 5.56 Å². The number of thiophene rings is 1. The van der Waals surface area contributed by atoms with Crippen LogP contribution >= 0.6 is 22.9 Å². The number of pyridine rings is 1. The third-order valence-electron chi connectivity index (χ3n) is 4.68. The van der Waals surface area contributed by atoms with Crippen LogP contribution in [0.1, 0.15) is 41.9 Å². The first-order chi connectivity index (χ1) is 12.9. The average molecular weight is 414 g/mol. The van der Waals surface area contributed by atoms with Gasteiger partial charge in [-0.25, -0.2) is 14.5 Å². The topological polar surface area (TPSA) is 47.8 Å². The molecule has 27 heavy (non-hydrogen) atoms.